The van der Waals surface area contributed by atoms with Crippen LogP contribution in [0.3, 0.4) is 0 Å². The molecule has 0 N–H and O–H groups in total. The highest BCUT2D eigenvalue weighted by Crippen LogP contribution is 2.70. The van der Waals surface area contributed by atoms with Crippen LogP contribution in [0.4, 0.5) is 0 Å². The molecule has 1 heterocycles. The maximum atomic E-state index is 5.76. The van der Waals surface area contributed by atoms with E-state index in [1.807, 2.05) is 0 Å². The van der Waals surface area contributed by atoms with E-state index in [0.29, 0.717) is 28.0 Å². The first kappa shape index (κ1) is 13.1. The van der Waals surface area contributed by atoms with Gasteiger partial charge in [0, 0.05) is 6.42 Å². The predicted molar refractivity (Wildman–Crippen MR) is 77.4 cm³/mol. The van der Waals surface area contributed by atoms with Gasteiger partial charge in [0.1, 0.15) is 5.88 Å². The second kappa shape index (κ2) is 4.00. The largest absolute Gasteiger partial charge is 0.424 e. The number of halogens is 1. The van der Waals surface area contributed by atoms with Gasteiger partial charge in [0.05, 0.1) is 0 Å². The van der Waals surface area contributed by atoms with E-state index in [2.05, 4.69) is 24.0 Å². The van der Waals surface area contributed by atoms with Crippen LogP contribution < -0.4 is 0 Å². The third kappa shape index (κ3) is 2.01. The molecule has 0 radical (unpaired) electrons. The van der Waals surface area contributed by atoms with E-state index in [4.69, 9.17) is 16.0 Å². The van der Waals surface area contributed by atoms with Crippen molar-refractivity contribution in [3.63, 3.8) is 0 Å². The minimum atomic E-state index is 0.318. The normalized spacial score (nSPS) is 46.0. The van der Waals surface area contributed by atoms with Crippen LogP contribution in [0.5, 0.6) is 0 Å². The van der Waals surface area contributed by atoms with E-state index in [0.717, 1.165) is 18.2 Å². The Labute approximate surface area is 125 Å². The van der Waals surface area contributed by atoms with E-state index in [-0.39, 0.29) is 0 Å². The highest BCUT2D eigenvalue weighted by atomic mass is 35.5. The minimum Gasteiger partial charge on any atom is -0.424 e. The van der Waals surface area contributed by atoms with Crippen LogP contribution in [0.2, 0.25) is 0 Å². The van der Waals surface area contributed by atoms with Crippen molar-refractivity contribution in [2.45, 2.75) is 64.7 Å². The van der Waals surface area contributed by atoms with E-state index in [9.17, 15) is 0 Å². The quantitative estimate of drug-likeness (QED) is 0.778. The van der Waals surface area contributed by atoms with Crippen molar-refractivity contribution in [1.82, 2.24) is 10.2 Å². The lowest BCUT2D eigenvalue weighted by molar-refractivity contribution is -0.145. The van der Waals surface area contributed by atoms with Gasteiger partial charge >= 0.3 is 0 Å². The average molecular weight is 295 g/mol. The zero-order chi connectivity index (χ0) is 14.0. The molecule has 1 aromatic heterocycles. The second-order valence-electron chi connectivity index (χ2n) is 8.53. The fourth-order valence-electron chi connectivity index (χ4n) is 6.62. The van der Waals surface area contributed by atoms with Crippen LogP contribution >= 0.6 is 11.6 Å². The van der Waals surface area contributed by atoms with Crippen molar-refractivity contribution in [1.29, 1.82) is 0 Å². The molecule has 2 unspecified atom stereocenters. The Bertz CT molecular complexity index is 522. The summed E-state index contributed by atoms with van der Waals surface area (Å²) in [6.07, 6.45) is 9.27. The predicted octanol–water partition coefficient (Wildman–Crippen LogP) is 4.35. The zero-order valence-corrected chi connectivity index (χ0v) is 13.2. The van der Waals surface area contributed by atoms with Gasteiger partial charge < -0.3 is 4.42 Å². The van der Waals surface area contributed by atoms with E-state index >= 15 is 0 Å². The summed E-state index contributed by atoms with van der Waals surface area (Å²) in [4.78, 5) is 0. The van der Waals surface area contributed by atoms with Gasteiger partial charge in [0.25, 0.3) is 0 Å². The van der Waals surface area contributed by atoms with Gasteiger partial charge in [-0.25, -0.2) is 0 Å². The molecule has 4 aliphatic rings. The van der Waals surface area contributed by atoms with Gasteiger partial charge in [0.2, 0.25) is 11.8 Å². The van der Waals surface area contributed by atoms with Crippen LogP contribution in [-0.4, -0.2) is 10.2 Å². The molecule has 4 fully saturated rings. The van der Waals surface area contributed by atoms with Gasteiger partial charge in [-0.05, 0) is 60.7 Å². The van der Waals surface area contributed by atoms with Crippen LogP contribution in [0.15, 0.2) is 4.42 Å². The van der Waals surface area contributed by atoms with Gasteiger partial charge in [-0.1, -0.05) is 13.8 Å². The summed E-state index contributed by atoms with van der Waals surface area (Å²) in [6.45, 7) is 5.00. The minimum absolute atomic E-state index is 0.318. The smallest absolute Gasteiger partial charge is 0.231 e. The van der Waals surface area contributed by atoms with E-state index in [1.54, 1.807) is 0 Å². The highest BCUT2D eigenvalue weighted by molar-refractivity contribution is 6.16. The lowest BCUT2D eigenvalue weighted by atomic mass is 9.40. The average Bonchev–Trinajstić information content (AvgIpc) is 2.70. The summed E-state index contributed by atoms with van der Waals surface area (Å²) in [5.41, 5.74) is 1.49. The number of rotatable bonds is 3. The molecule has 0 saturated heterocycles. The van der Waals surface area contributed by atoms with E-state index in [1.165, 1.54) is 38.5 Å². The van der Waals surface area contributed by atoms with Crippen LogP contribution in [0.25, 0.3) is 0 Å². The monoisotopic (exact) mass is 294 g/mol. The molecule has 4 aliphatic carbocycles. The number of hydrogen-bond acceptors (Lipinski definition) is 3. The fourth-order valence-corrected chi connectivity index (χ4v) is 6.72. The Morgan fingerprint density at radius 3 is 2.25 bits per heavy atom. The maximum Gasteiger partial charge on any atom is 0.231 e. The molecule has 0 aliphatic heterocycles. The third-order valence-electron chi connectivity index (χ3n) is 5.89. The van der Waals surface area contributed by atoms with Gasteiger partial charge in [-0.2, -0.15) is 0 Å². The van der Waals surface area contributed by atoms with Crippen molar-refractivity contribution in [2.24, 2.45) is 22.2 Å². The van der Waals surface area contributed by atoms with E-state index < -0.39 is 0 Å². The van der Waals surface area contributed by atoms with Gasteiger partial charge in [-0.15, -0.1) is 21.8 Å². The molecule has 5 rings (SSSR count). The van der Waals surface area contributed by atoms with Crippen molar-refractivity contribution < 1.29 is 4.42 Å². The van der Waals surface area contributed by atoms with Crippen LogP contribution in [0.1, 0.15) is 64.2 Å². The molecule has 110 valence electrons. The Kier molecular flexibility index (Phi) is 2.62. The highest BCUT2D eigenvalue weighted by Gasteiger charge is 2.60. The maximum absolute atomic E-state index is 5.76. The lowest BCUT2D eigenvalue weighted by Gasteiger charge is -2.65. The molecule has 0 spiro atoms. The SMILES string of the molecule is CC12CC3CC(C)(C1)CC(Cc1nnc(CCl)o1)(C3)C2. The number of nitrogens with zero attached hydrogens (tertiary/aromatic N) is 2. The standard InChI is InChI=1S/C16H23ClN2O/c1-14-3-11-4-15(2,8-14)10-16(5-11,9-14)6-12-18-19-13(7-17)20-12/h11H,3-10H2,1-2H3. The molecule has 0 aromatic carbocycles. The lowest BCUT2D eigenvalue weighted by Crippen LogP contribution is -2.55. The molecule has 4 saturated carbocycles. The summed E-state index contributed by atoms with van der Waals surface area (Å²) < 4.78 is 5.68. The Balaban J connectivity index is 1.63. The summed E-state index contributed by atoms with van der Waals surface area (Å²) >= 11 is 5.76. The number of aromatic nitrogens is 2. The first-order valence-corrected chi connectivity index (χ1v) is 8.32. The molecule has 4 heteroatoms. The van der Waals surface area contributed by atoms with Crippen molar-refractivity contribution in [3.05, 3.63) is 11.8 Å². The van der Waals surface area contributed by atoms with Crippen LogP contribution in [-0.2, 0) is 12.3 Å². The summed E-state index contributed by atoms with van der Waals surface area (Å²) in [5.74, 6) is 2.59. The Morgan fingerprint density at radius 2 is 1.70 bits per heavy atom. The first-order valence-electron chi connectivity index (χ1n) is 7.79. The molecular formula is C16H23ClN2O. The second-order valence-corrected chi connectivity index (χ2v) is 8.80. The zero-order valence-electron chi connectivity index (χ0n) is 12.4. The fraction of sp³-hybridized carbons (Fsp3) is 0.875. The number of hydrogen-bond donors (Lipinski definition) is 0. The summed E-state index contributed by atoms with van der Waals surface area (Å²) in [6, 6.07) is 0. The molecule has 4 bridgehead atoms. The number of alkyl halides is 1. The third-order valence-corrected chi connectivity index (χ3v) is 6.12. The van der Waals surface area contributed by atoms with Crippen molar-refractivity contribution in [3.8, 4) is 0 Å². The van der Waals surface area contributed by atoms with Crippen molar-refractivity contribution >= 4 is 11.6 Å². The van der Waals surface area contributed by atoms with Crippen molar-refractivity contribution in [2.75, 3.05) is 0 Å². The molecule has 20 heavy (non-hydrogen) atoms. The molecule has 0 amide bonds. The molecular weight excluding hydrogens is 272 g/mol. The van der Waals surface area contributed by atoms with Crippen LogP contribution in [0, 0.1) is 22.2 Å². The summed E-state index contributed by atoms with van der Waals surface area (Å²) in [7, 11) is 0. The Hall–Kier alpha value is -0.570. The summed E-state index contributed by atoms with van der Waals surface area (Å²) in [5, 5.41) is 8.23. The topological polar surface area (TPSA) is 38.9 Å². The molecule has 2 atom stereocenters. The van der Waals surface area contributed by atoms with Gasteiger partial charge in [0.15, 0.2) is 0 Å². The Morgan fingerprint density at radius 1 is 1.05 bits per heavy atom. The molecule has 1 aromatic rings. The van der Waals surface area contributed by atoms with Gasteiger partial charge in [-0.3, -0.25) is 0 Å². The molecule has 3 nitrogen and oxygen atoms in total. The first-order chi connectivity index (χ1) is 9.42.